The van der Waals surface area contributed by atoms with Crippen molar-refractivity contribution in [2.24, 2.45) is 0 Å². The van der Waals surface area contributed by atoms with Crippen molar-refractivity contribution in [2.45, 2.75) is 45.7 Å². The van der Waals surface area contributed by atoms with E-state index in [-0.39, 0.29) is 17.1 Å². The lowest BCUT2D eigenvalue weighted by Crippen LogP contribution is -2.42. The SMILES string of the molecule is CCc1nc(Cl)c2n1CCN(C(=O)O)C2CCc1ccc(F)c(C)c1F. The summed E-state index contributed by atoms with van der Waals surface area (Å²) in [5.74, 6) is -0.370. The lowest BCUT2D eigenvalue weighted by molar-refractivity contribution is 0.106. The molecule has 1 aliphatic rings. The van der Waals surface area contributed by atoms with Crippen molar-refractivity contribution < 1.29 is 18.7 Å². The Morgan fingerprint density at radius 1 is 1.38 bits per heavy atom. The first-order chi connectivity index (χ1) is 12.3. The van der Waals surface area contributed by atoms with Gasteiger partial charge in [-0.05, 0) is 31.4 Å². The highest BCUT2D eigenvalue weighted by atomic mass is 35.5. The number of aryl methyl sites for hydroxylation is 2. The molecule has 1 amide bonds. The summed E-state index contributed by atoms with van der Waals surface area (Å²) in [6.07, 6.45) is 0.241. The van der Waals surface area contributed by atoms with Crippen molar-refractivity contribution in [1.29, 1.82) is 0 Å². The Kier molecular flexibility index (Phi) is 5.18. The van der Waals surface area contributed by atoms with Crippen LogP contribution in [0, 0.1) is 18.6 Å². The molecule has 3 rings (SSSR count). The largest absolute Gasteiger partial charge is 0.465 e. The van der Waals surface area contributed by atoms with Crippen molar-refractivity contribution in [3.05, 3.63) is 51.6 Å². The van der Waals surface area contributed by atoms with Gasteiger partial charge in [-0.2, -0.15) is 0 Å². The van der Waals surface area contributed by atoms with Crippen LogP contribution in [0.4, 0.5) is 13.6 Å². The summed E-state index contributed by atoms with van der Waals surface area (Å²) in [4.78, 5) is 17.3. The third kappa shape index (κ3) is 3.16. The summed E-state index contributed by atoms with van der Waals surface area (Å²) in [6, 6.07) is 2.11. The van der Waals surface area contributed by atoms with Crippen LogP contribution in [0.3, 0.4) is 0 Å². The summed E-state index contributed by atoms with van der Waals surface area (Å²) >= 11 is 6.29. The van der Waals surface area contributed by atoms with Gasteiger partial charge in [-0.3, -0.25) is 4.90 Å². The van der Waals surface area contributed by atoms with E-state index >= 15 is 0 Å². The van der Waals surface area contributed by atoms with E-state index in [1.807, 2.05) is 11.5 Å². The van der Waals surface area contributed by atoms with Gasteiger partial charge in [0.15, 0.2) is 5.15 Å². The van der Waals surface area contributed by atoms with Crippen LogP contribution < -0.4 is 0 Å². The fourth-order valence-corrected chi connectivity index (χ4v) is 3.88. The third-order valence-electron chi connectivity index (χ3n) is 4.95. The van der Waals surface area contributed by atoms with Crippen molar-refractivity contribution in [1.82, 2.24) is 14.5 Å². The summed E-state index contributed by atoms with van der Waals surface area (Å²) in [5.41, 5.74) is 0.978. The number of nitrogens with zero attached hydrogens (tertiary/aromatic N) is 3. The highest BCUT2D eigenvalue weighted by Gasteiger charge is 2.35. The number of halogens is 3. The molecule has 0 bridgehead atoms. The number of benzene rings is 1. The predicted octanol–water partition coefficient (Wildman–Crippen LogP) is 4.35. The number of rotatable bonds is 4. The van der Waals surface area contributed by atoms with Gasteiger partial charge < -0.3 is 9.67 Å². The van der Waals surface area contributed by atoms with Gasteiger partial charge in [0, 0.05) is 25.1 Å². The quantitative estimate of drug-likeness (QED) is 0.853. The van der Waals surface area contributed by atoms with Gasteiger partial charge >= 0.3 is 6.09 Å². The Hall–Kier alpha value is -2.15. The molecule has 0 saturated carbocycles. The van der Waals surface area contributed by atoms with E-state index in [0.717, 1.165) is 5.82 Å². The number of aromatic nitrogens is 2. The fourth-order valence-electron chi connectivity index (χ4n) is 3.55. The van der Waals surface area contributed by atoms with Crippen LogP contribution >= 0.6 is 11.6 Å². The number of carbonyl (C=O) groups is 1. The smallest absolute Gasteiger partial charge is 0.407 e. The highest BCUT2D eigenvalue weighted by Crippen LogP contribution is 2.36. The molecule has 0 saturated heterocycles. The Bertz CT molecular complexity index is 853. The second kappa shape index (κ2) is 7.23. The van der Waals surface area contributed by atoms with Crippen molar-refractivity contribution in [3.8, 4) is 0 Å². The monoisotopic (exact) mass is 383 g/mol. The average Bonchev–Trinajstić information content (AvgIpc) is 2.95. The molecule has 0 radical (unpaired) electrons. The van der Waals surface area contributed by atoms with Crippen LogP contribution in [0.25, 0.3) is 0 Å². The van der Waals surface area contributed by atoms with E-state index in [1.54, 1.807) is 0 Å². The molecular weight excluding hydrogens is 364 g/mol. The molecular formula is C18H20ClF2N3O2. The molecule has 0 fully saturated rings. The van der Waals surface area contributed by atoms with Crippen molar-refractivity contribution >= 4 is 17.7 Å². The molecule has 1 aliphatic heterocycles. The van der Waals surface area contributed by atoms with Crippen LogP contribution in [-0.4, -0.2) is 32.2 Å². The van der Waals surface area contributed by atoms with Gasteiger partial charge in [-0.1, -0.05) is 24.6 Å². The molecule has 1 N–H and O–H groups in total. The minimum Gasteiger partial charge on any atom is -0.465 e. The zero-order valence-corrected chi connectivity index (χ0v) is 15.4. The maximum atomic E-state index is 14.3. The zero-order valence-electron chi connectivity index (χ0n) is 14.6. The summed E-state index contributed by atoms with van der Waals surface area (Å²) < 4.78 is 29.7. The Labute approximate surface area is 155 Å². The van der Waals surface area contributed by atoms with Crippen molar-refractivity contribution in [3.63, 3.8) is 0 Å². The van der Waals surface area contributed by atoms with Crippen LogP contribution in [-0.2, 0) is 19.4 Å². The number of carboxylic acid groups (broad SMARTS) is 1. The first-order valence-electron chi connectivity index (χ1n) is 8.53. The molecule has 1 aromatic heterocycles. The maximum Gasteiger partial charge on any atom is 0.407 e. The van der Waals surface area contributed by atoms with E-state index < -0.39 is 23.8 Å². The minimum atomic E-state index is -1.05. The Morgan fingerprint density at radius 2 is 2.12 bits per heavy atom. The highest BCUT2D eigenvalue weighted by molar-refractivity contribution is 6.30. The second-order valence-corrected chi connectivity index (χ2v) is 6.74. The van der Waals surface area contributed by atoms with Gasteiger partial charge in [-0.15, -0.1) is 0 Å². The number of hydrogen-bond donors (Lipinski definition) is 1. The lowest BCUT2D eigenvalue weighted by atomic mass is 9.98. The molecule has 5 nitrogen and oxygen atoms in total. The molecule has 1 unspecified atom stereocenters. The number of imidazole rings is 1. The van der Waals surface area contributed by atoms with E-state index in [2.05, 4.69) is 4.98 Å². The maximum absolute atomic E-state index is 14.3. The number of amides is 1. The molecule has 1 aromatic carbocycles. The fraction of sp³-hybridized carbons (Fsp3) is 0.444. The predicted molar refractivity (Wildman–Crippen MR) is 93.5 cm³/mol. The molecule has 2 aromatic rings. The molecule has 0 spiro atoms. The van der Waals surface area contributed by atoms with E-state index in [9.17, 15) is 18.7 Å². The van der Waals surface area contributed by atoms with E-state index in [1.165, 1.54) is 24.0 Å². The number of hydrogen-bond acceptors (Lipinski definition) is 2. The Balaban J connectivity index is 1.93. The van der Waals surface area contributed by atoms with Gasteiger partial charge in [0.2, 0.25) is 0 Å². The van der Waals surface area contributed by atoms with E-state index in [0.29, 0.717) is 37.2 Å². The second-order valence-electron chi connectivity index (χ2n) is 6.39. The van der Waals surface area contributed by atoms with E-state index in [4.69, 9.17) is 11.6 Å². The molecule has 8 heteroatoms. The number of fused-ring (bicyclic) bond motifs is 1. The average molecular weight is 384 g/mol. The molecule has 26 heavy (non-hydrogen) atoms. The first-order valence-corrected chi connectivity index (χ1v) is 8.90. The standard InChI is InChI=1S/C18H20ClF2N3O2/c1-3-14-22-17(19)16-13(23(18(25)26)8-9-24(14)16)7-5-11-4-6-12(20)10(2)15(11)21/h4,6,13H,3,5,7-9H2,1-2H3,(H,25,26). The van der Waals surface area contributed by atoms with Gasteiger partial charge in [0.05, 0.1) is 11.7 Å². The lowest BCUT2D eigenvalue weighted by Gasteiger charge is -2.35. The minimum absolute atomic E-state index is 0.0300. The van der Waals surface area contributed by atoms with Crippen LogP contribution in [0.5, 0.6) is 0 Å². The summed E-state index contributed by atoms with van der Waals surface area (Å²) in [7, 11) is 0. The van der Waals surface area contributed by atoms with Crippen molar-refractivity contribution in [2.75, 3.05) is 6.54 Å². The van der Waals surface area contributed by atoms with Gasteiger partial charge in [0.1, 0.15) is 17.5 Å². The zero-order chi connectivity index (χ0) is 19.0. The van der Waals surface area contributed by atoms with Crippen LogP contribution in [0.1, 0.15) is 42.0 Å². The summed E-state index contributed by atoms with van der Waals surface area (Å²) in [6.45, 7) is 4.15. The van der Waals surface area contributed by atoms with Crippen LogP contribution in [0.15, 0.2) is 12.1 Å². The van der Waals surface area contributed by atoms with Gasteiger partial charge in [0.25, 0.3) is 0 Å². The normalized spacial score (nSPS) is 16.7. The topological polar surface area (TPSA) is 58.4 Å². The van der Waals surface area contributed by atoms with Crippen LogP contribution in [0.2, 0.25) is 5.15 Å². The van der Waals surface area contributed by atoms with Gasteiger partial charge in [-0.25, -0.2) is 18.6 Å². The third-order valence-corrected chi connectivity index (χ3v) is 5.22. The summed E-state index contributed by atoms with van der Waals surface area (Å²) in [5, 5.41) is 9.84. The molecule has 1 atom stereocenters. The Morgan fingerprint density at radius 3 is 2.77 bits per heavy atom. The first kappa shape index (κ1) is 18.6. The molecule has 0 aliphatic carbocycles. The molecule has 140 valence electrons. The molecule has 2 heterocycles.